The summed E-state index contributed by atoms with van der Waals surface area (Å²) in [5.74, 6) is -0.410. The molecular weight excluding hydrogens is 269 g/mol. The molecule has 0 aliphatic carbocycles. The number of hydrogen-bond acceptors (Lipinski definition) is 3. The first-order valence-corrected chi connectivity index (χ1v) is 5.62. The Kier molecular flexibility index (Phi) is 3.61. The number of nitrogens with zero attached hydrogens (tertiary/aromatic N) is 2. The van der Waals surface area contributed by atoms with Gasteiger partial charge in [-0.25, -0.2) is 0 Å². The zero-order valence-corrected chi connectivity index (χ0v) is 10.4. The van der Waals surface area contributed by atoms with Crippen LogP contribution in [0.2, 0.25) is 0 Å². The number of nitriles is 1. The standard InChI is InChI=1S/C14H9F3N2O/c1-9-11(3-2-6-19-9)12-5-4-10(8-18)7-13(12)20-14(15,16)17/h2-7H,1H3. The molecule has 2 rings (SSSR count). The minimum atomic E-state index is -4.82. The first-order chi connectivity index (χ1) is 9.40. The fraction of sp³-hybridized carbons (Fsp3) is 0.143. The van der Waals surface area contributed by atoms with Crippen molar-refractivity contribution in [2.75, 3.05) is 0 Å². The zero-order valence-electron chi connectivity index (χ0n) is 10.4. The fourth-order valence-corrected chi connectivity index (χ4v) is 1.79. The molecule has 6 heteroatoms. The lowest BCUT2D eigenvalue weighted by molar-refractivity contribution is -0.274. The van der Waals surface area contributed by atoms with E-state index in [-0.39, 0.29) is 11.1 Å². The molecule has 1 aromatic heterocycles. The molecule has 3 nitrogen and oxygen atoms in total. The van der Waals surface area contributed by atoms with E-state index < -0.39 is 12.1 Å². The van der Waals surface area contributed by atoms with Crippen molar-refractivity contribution in [3.8, 4) is 22.9 Å². The van der Waals surface area contributed by atoms with Gasteiger partial charge in [0.25, 0.3) is 0 Å². The van der Waals surface area contributed by atoms with Crippen LogP contribution in [0.4, 0.5) is 13.2 Å². The van der Waals surface area contributed by atoms with Gasteiger partial charge >= 0.3 is 6.36 Å². The van der Waals surface area contributed by atoms with E-state index in [1.165, 1.54) is 12.1 Å². The van der Waals surface area contributed by atoms with E-state index in [4.69, 9.17) is 5.26 Å². The lowest BCUT2D eigenvalue weighted by Gasteiger charge is -2.14. The molecule has 0 N–H and O–H groups in total. The van der Waals surface area contributed by atoms with Crippen molar-refractivity contribution in [1.82, 2.24) is 4.98 Å². The highest BCUT2D eigenvalue weighted by Gasteiger charge is 2.32. The molecule has 0 saturated heterocycles. The Morgan fingerprint density at radius 2 is 1.95 bits per heavy atom. The summed E-state index contributed by atoms with van der Waals surface area (Å²) in [6.07, 6.45) is -3.27. The number of aryl methyl sites for hydroxylation is 1. The van der Waals surface area contributed by atoms with E-state index in [2.05, 4.69) is 9.72 Å². The van der Waals surface area contributed by atoms with Gasteiger partial charge in [-0.1, -0.05) is 6.07 Å². The normalized spacial score (nSPS) is 10.9. The van der Waals surface area contributed by atoms with Gasteiger partial charge in [0.15, 0.2) is 0 Å². The molecule has 1 heterocycles. The van der Waals surface area contributed by atoms with E-state index in [9.17, 15) is 13.2 Å². The number of rotatable bonds is 2. The summed E-state index contributed by atoms with van der Waals surface area (Å²) in [4.78, 5) is 4.03. The summed E-state index contributed by atoms with van der Waals surface area (Å²) in [5.41, 5.74) is 1.43. The summed E-state index contributed by atoms with van der Waals surface area (Å²) in [6.45, 7) is 1.69. The minimum absolute atomic E-state index is 0.0922. The maximum Gasteiger partial charge on any atom is 0.573 e. The van der Waals surface area contributed by atoms with Gasteiger partial charge in [0.05, 0.1) is 11.6 Å². The number of pyridine rings is 1. The van der Waals surface area contributed by atoms with E-state index in [1.54, 1.807) is 31.3 Å². The number of alkyl halides is 3. The van der Waals surface area contributed by atoms with Crippen LogP contribution in [0.15, 0.2) is 36.5 Å². The molecule has 2 aromatic rings. The SMILES string of the molecule is Cc1ncccc1-c1ccc(C#N)cc1OC(F)(F)F. The van der Waals surface area contributed by atoms with Crippen LogP contribution in [-0.2, 0) is 0 Å². The average molecular weight is 278 g/mol. The predicted octanol–water partition coefficient (Wildman–Crippen LogP) is 3.83. The van der Waals surface area contributed by atoms with Gasteiger partial charge in [-0.3, -0.25) is 4.98 Å². The maximum atomic E-state index is 12.5. The number of aromatic nitrogens is 1. The molecule has 0 aliphatic heterocycles. The van der Waals surface area contributed by atoms with E-state index in [1.807, 2.05) is 0 Å². The van der Waals surface area contributed by atoms with Crippen LogP contribution in [-0.4, -0.2) is 11.3 Å². The van der Waals surface area contributed by atoms with Crippen molar-refractivity contribution >= 4 is 0 Å². The molecule has 0 radical (unpaired) electrons. The third kappa shape index (κ3) is 3.06. The highest BCUT2D eigenvalue weighted by molar-refractivity contribution is 5.73. The van der Waals surface area contributed by atoms with E-state index in [0.717, 1.165) is 6.07 Å². The van der Waals surface area contributed by atoms with Gasteiger partial charge in [-0.2, -0.15) is 5.26 Å². The lowest BCUT2D eigenvalue weighted by atomic mass is 10.0. The highest BCUT2D eigenvalue weighted by Crippen LogP contribution is 2.35. The molecule has 0 amide bonds. The first kappa shape index (κ1) is 13.9. The minimum Gasteiger partial charge on any atom is -0.405 e. The van der Waals surface area contributed by atoms with Crippen LogP contribution >= 0.6 is 0 Å². The van der Waals surface area contributed by atoms with Gasteiger partial charge in [0.2, 0.25) is 0 Å². The van der Waals surface area contributed by atoms with Gasteiger partial charge in [0, 0.05) is 23.0 Å². The van der Waals surface area contributed by atoms with Crippen LogP contribution < -0.4 is 4.74 Å². The number of halogens is 3. The average Bonchev–Trinajstić information content (AvgIpc) is 2.38. The topological polar surface area (TPSA) is 45.9 Å². The Labute approximate surface area is 113 Å². The zero-order chi connectivity index (χ0) is 14.8. The van der Waals surface area contributed by atoms with Crippen LogP contribution in [0, 0.1) is 18.3 Å². The van der Waals surface area contributed by atoms with Crippen molar-refractivity contribution in [1.29, 1.82) is 5.26 Å². The Morgan fingerprint density at radius 3 is 2.55 bits per heavy atom. The van der Waals surface area contributed by atoms with Crippen LogP contribution in [0.5, 0.6) is 5.75 Å². The molecule has 0 spiro atoms. The summed E-state index contributed by atoms with van der Waals surface area (Å²) < 4.78 is 41.4. The molecule has 0 unspecified atom stereocenters. The predicted molar refractivity (Wildman–Crippen MR) is 65.8 cm³/mol. The summed E-state index contributed by atoms with van der Waals surface area (Å²) in [7, 11) is 0. The highest BCUT2D eigenvalue weighted by atomic mass is 19.4. The molecule has 0 bridgehead atoms. The number of hydrogen-bond donors (Lipinski definition) is 0. The summed E-state index contributed by atoms with van der Waals surface area (Å²) in [5, 5.41) is 8.78. The molecule has 0 saturated carbocycles. The molecular formula is C14H9F3N2O. The molecule has 0 aliphatic rings. The van der Waals surface area contributed by atoms with E-state index in [0.29, 0.717) is 11.3 Å². The fourth-order valence-electron chi connectivity index (χ4n) is 1.79. The van der Waals surface area contributed by atoms with Crippen molar-refractivity contribution in [2.45, 2.75) is 13.3 Å². The van der Waals surface area contributed by atoms with Crippen molar-refractivity contribution < 1.29 is 17.9 Å². The third-order valence-corrected chi connectivity index (χ3v) is 2.63. The second-order valence-electron chi connectivity index (χ2n) is 4.01. The second kappa shape index (κ2) is 5.21. The molecule has 102 valence electrons. The van der Waals surface area contributed by atoms with Gasteiger partial charge < -0.3 is 4.74 Å². The smallest absolute Gasteiger partial charge is 0.405 e. The first-order valence-electron chi connectivity index (χ1n) is 5.62. The van der Waals surface area contributed by atoms with Crippen molar-refractivity contribution in [3.05, 3.63) is 47.8 Å². The Hall–Kier alpha value is -2.55. The van der Waals surface area contributed by atoms with Gasteiger partial charge in [0.1, 0.15) is 5.75 Å². The van der Waals surface area contributed by atoms with Crippen LogP contribution in [0.25, 0.3) is 11.1 Å². The Morgan fingerprint density at radius 1 is 1.20 bits per heavy atom. The summed E-state index contributed by atoms with van der Waals surface area (Å²) in [6, 6.07) is 8.97. The molecule has 20 heavy (non-hydrogen) atoms. The Balaban J connectivity index is 2.58. The van der Waals surface area contributed by atoms with E-state index >= 15 is 0 Å². The van der Waals surface area contributed by atoms with Crippen LogP contribution in [0.3, 0.4) is 0 Å². The number of ether oxygens (including phenoxy) is 1. The molecule has 0 fully saturated rings. The summed E-state index contributed by atoms with van der Waals surface area (Å²) >= 11 is 0. The van der Waals surface area contributed by atoms with Crippen LogP contribution in [0.1, 0.15) is 11.3 Å². The second-order valence-corrected chi connectivity index (χ2v) is 4.01. The van der Waals surface area contributed by atoms with Crippen molar-refractivity contribution in [3.63, 3.8) is 0 Å². The van der Waals surface area contributed by atoms with Gasteiger partial charge in [-0.05, 0) is 31.2 Å². The van der Waals surface area contributed by atoms with Gasteiger partial charge in [-0.15, -0.1) is 13.2 Å². The molecule has 1 aromatic carbocycles. The molecule has 0 atom stereocenters. The lowest BCUT2D eigenvalue weighted by Crippen LogP contribution is -2.17. The van der Waals surface area contributed by atoms with Crippen molar-refractivity contribution in [2.24, 2.45) is 0 Å². The number of benzene rings is 1. The monoisotopic (exact) mass is 278 g/mol. The Bertz CT molecular complexity index is 675. The quantitative estimate of drug-likeness (QED) is 0.838. The largest absolute Gasteiger partial charge is 0.573 e. The third-order valence-electron chi connectivity index (χ3n) is 2.63. The maximum absolute atomic E-state index is 12.5.